The average Bonchev–Trinajstić information content (AvgIpc) is 2.60. The Labute approximate surface area is 101 Å². The van der Waals surface area contributed by atoms with Crippen LogP contribution in [0, 0.1) is 11.8 Å². The third-order valence-electron chi connectivity index (χ3n) is 3.84. The second-order valence-corrected chi connectivity index (χ2v) is 5.77. The van der Waals surface area contributed by atoms with Gasteiger partial charge in [-0.1, -0.05) is 22.4 Å². The first-order valence-corrected chi connectivity index (χ1v) is 7.25. The molecule has 1 aliphatic carbocycles. The fourth-order valence-corrected chi connectivity index (χ4v) is 3.17. The standard InChI is InChI=1S/C12H20BrNO/c13-6-4-11-5-7-14(9-11)12(15)8-10-2-1-3-10/h10-11H,1-9H2. The van der Waals surface area contributed by atoms with Crippen LogP contribution >= 0.6 is 15.9 Å². The average molecular weight is 274 g/mol. The molecule has 0 bridgehead atoms. The van der Waals surface area contributed by atoms with Gasteiger partial charge < -0.3 is 4.90 Å². The molecule has 1 saturated heterocycles. The maximum absolute atomic E-state index is 11.9. The molecule has 0 radical (unpaired) electrons. The molecular weight excluding hydrogens is 254 g/mol. The zero-order valence-corrected chi connectivity index (χ0v) is 10.8. The number of hydrogen-bond donors (Lipinski definition) is 0. The van der Waals surface area contributed by atoms with E-state index >= 15 is 0 Å². The molecule has 15 heavy (non-hydrogen) atoms. The first kappa shape index (κ1) is 11.4. The number of nitrogens with zero attached hydrogens (tertiary/aromatic N) is 1. The number of hydrogen-bond acceptors (Lipinski definition) is 1. The van der Waals surface area contributed by atoms with Gasteiger partial charge in [-0.05, 0) is 37.5 Å². The van der Waals surface area contributed by atoms with E-state index < -0.39 is 0 Å². The Morgan fingerprint density at radius 2 is 2.07 bits per heavy atom. The summed E-state index contributed by atoms with van der Waals surface area (Å²) < 4.78 is 0. The minimum absolute atomic E-state index is 0.414. The van der Waals surface area contributed by atoms with E-state index in [0.717, 1.165) is 30.8 Å². The summed E-state index contributed by atoms with van der Waals surface area (Å²) in [6.45, 7) is 2.01. The topological polar surface area (TPSA) is 20.3 Å². The Bertz CT molecular complexity index is 228. The van der Waals surface area contributed by atoms with Crippen molar-refractivity contribution in [2.75, 3.05) is 18.4 Å². The van der Waals surface area contributed by atoms with Gasteiger partial charge in [-0.15, -0.1) is 0 Å². The van der Waals surface area contributed by atoms with Gasteiger partial charge in [-0.25, -0.2) is 0 Å². The van der Waals surface area contributed by atoms with Crippen molar-refractivity contribution in [1.29, 1.82) is 0 Å². The largest absolute Gasteiger partial charge is 0.342 e. The maximum Gasteiger partial charge on any atom is 0.222 e. The minimum Gasteiger partial charge on any atom is -0.342 e. The Morgan fingerprint density at radius 3 is 2.67 bits per heavy atom. The molecule has 2 fully saturated rings. The van der Waals surface area contributed by atoms with E-state index in [1.807, 2.05) is 0 Å². The van der Waals surface area contributed by atoms with Crippen LogP contribution < -0.4 is 0 Å². The molecule has 3 heteroatoms. The van der Waals surface area contributed by atoms with E-state index in [-0.39, 0.29) is 0 Å². The monoisotopic (exact) mass is 273 g/mol. The van der Waals surface area contributed by atoms with Crippen molar-refractivity contribution in [3.05, 3.63) is 0 Å². The van der Waals surface area contributed by atoms with Crippen molar-refractivity contribution < 1.29 is 4.79 Å². The summed E-state index contributed by atoms with van der Waals surface area (Å²) in [6.07, 6.45) is 7.15. The molecule has 1 amide bonds. The van der Waals surface area contributed by atoms with E-state index in [2.05, 4.69) is 20.8 Å². The summed E-state index contributed by atoms with van der Waals surface area (Å²) in [5.74, 6) is 1.87. The molecule has 0 aromatic rings. The van der Waals surface area contributed by atoms with Crippen molar-refractivity contribution in [3.63, 3.8) is 0 Å². The Balaban J connectivity index is 1.71. The van der Waals surface area contributed by atoms with Crippen LogP contribution in [0.25, 0.3) is 0 Å². The zero-order chi connectivity index (χ0) is 10.7. The van der Waals surface area contributed by atoms with E-state index in [4.69, 9.17) is 0 Å². The Kier molecular flexibility index (Phi) is 4.06. The van der Waals surface area contributed by atoms with E-state index in [1.165, 1.54) is 32.1 Å². The van der Waals surface area contributed by atoms with Gasteiger partial charge in [0.15, 0.2) is 0 Å². The lowest BCUT2D eigenvalue weighted by atomic mass is 9.83. The smallest absolute Gasteiger partial charge is 0.222 e. The highest BCUT2D eigenvalue weighted by molar-refractivity contribution is 9.09. The summed E-state index contributed by atoms with van der Waals surface area (Å²) in [5.41, 5.74) is 0. The molecule has 86 valence electrons. The number of carbonyl (C=O) groups is 1. The number of carbonyl (C=O) groups excluding carboxylic acids is 1. The van der Waals surface area contributed by atoms with E-state index in [1.54, 1.807) is 0 Å². The molecule has 1 atom stereocenters. The summed E-state index contributed by atoms with van der Waals surface area (Å²) in [5, 5.41) is 1.07. The third kappa shape index (κ3) is 2.96. The number of rotatable bonds is 4. The van der Waals surface area contributed by atoms with E-state index in [0.29, 0.717) is 11.8 Å². The quantitative estimate of drug-likeness (QED) is 0.722. The summed E-state index contributed by atoms with van der Waals surface area (Å²) in [7, 11) is 0. The fraction of sp³-hybridized carbons (Fsp3) is 0.917. The van der Waals surface area contributed by atoms with Gasteiger partial charge in [0.1, 0.15) is 0 Å². The number of halogens is 1. The van der Waals surface area contributed by atoms with Crippen LogP contribution in [-0.2, 0) is 4.79 Å². The normalized spacial score (nSPS) is 26.7. The molecule has 2 aliphatic rings. The van der Waals surface area contributed by atoms with Crippen molar-refractivity contribution in [2.24, 2.45) is 11.8 Å². The van der Waals surface area contributed by atoms with Crippen LogP contribution in [0.15, 0.2) is 0 Å². The van der Waals surface area contributed by atoms with Crippen LogP contribution in [0.4, 0.5) is 0 Å². The molecule has 0 N–H and O–H groups in total. The molecule has 0 aromatic heterocycles. The van der Waals surface area contributed by atoms with Gasteiger partial charge in [0.2, 0.25) is 5.91 Å². The van der Waals surface area contributed by atoms with Crippen molar-refractivity contribution in [2.45, 2.75) is 38.5 Å². The van der Waals surface area contributed by atoms with Gasteiger partial charge in [0.05, 0.1) is 0 Å². The maximum atomic E-state index is 11.9. The van der Waals surface area contributed by atoms with Crippen LogP contribution in [0.3, 0.4) is 0 Å². The van der Waals surface area contributed by atoms with Crippen molar-refractivity contribution >= 4 is 21.8 Å². The highest BCUT2D eigenvalue weighted by Gasteiger charge is 2.28. The van der Waals surface area contributed by atoms with Crippen molar-refractivity contribution in [3.8, 4) is 0 Å². The predicted molar refractivity (Wildman–Crippen MR) is 65.1 cm³/mol. The lowest BCUT2D eigenvalue weighted by Gasteiger charge is -2.27. The van der Waals surface area contributed by atoms with Crippen LogP contribution in [0.2, 0.25) is 0 Å². The highest BCUT2D eigenvalue weighted by atomic mass is 79.9. The van der Waals surface area contributed by atoms with Crippen molar-refractivity contribution in [1.82, 2.24) is 4.90 Å². The van der Waals surface area contributed by atoms with E-state index in [9.17, 15) is 4.79 Å². The van der Waals surface area contributed by atoms with Crippen LogP contribution in [-0.4, -0.2) is 29.2 Å². The fourth-order valence-electron chi connectivity index (χ4n) is 2.52. The number of amides is 1. The molecule has 2 rings (SSSR count). The van der Waals surface area contributed by atoms with Gasteiger partial charge in [-0.3, -0.25) is 4.79 Å². The lowest BCUT2D eigenvalue weighted by molar-refractivity contribution is -0.131. The second-order valence-electron chi connectivity index (χ2n) is 4.97. The summed E-state index contributed by atoms with van der Waals surface area (Å²) in [4.78, 5) is 14.0. The zero-order valence-electron chi connectivity index (χ0n) is 9.25. The van der Waals surface area contributed by atoms with Gasteiger partial charge in [-0.2, -0.15) is 0 Å². The third-order valence-corrected chi connectivity index (χ3v) is 4.30. The lowest BCUT2D eigenvalue weighted by Crippen LogP contribution is -2.31. The van der Waals surface area contributed by atoms with Crippen LogP contribution in [0.1, 0.15) is 38.5 Å². The van der Waals surface area contributed by atoms with Gasteiger partial charge >= 0.3 is 0 Å². The van der Waals surface area contributed by atoms with Gasteiger partial charge in [0, 0.05) is 24.8 Å². The molecule has 1 saturated carbocycles. The summed E-state index contributed by atoms with van der Waals surface area (Å²) >= 11 is 3.47. The minimum atomic E-state index is 0.414. The highest BCUT2D eigenvalue weighted by Crippen LogP contribution is 2.31. The molecule has 1 heterocycles. The Morgan fingerprint density at radius 1 is 1.27 bits per heavy atom. The predicted octanol–water partition coefficient (Wildman–Crippen LogP) is 2.81. The Hall–Kier alpha value is -0.0500. The molecular formula is C12H20BrNO. The summed E-state index contributed by atoms with van der Waals surface area (Å²) in [6, 6.07) is 0. The second kappa shape index (κ2) is 5.33. The SMILES string of the molecule is O=C(CC1CCC1)N1CCC(CCBr)C1. The molecule has 1 unspecified atom stereocenters. The number of likely N-dealkylation sites (tertiary alicyclic amines) is 1. The molecule has 2 nitrogen and oxygen atoms in total. The number of alkyl halides is 1. The first-order chi connectivity index (χ1) is 7.29. The molecule has 0 spiro atoms. The molecule has 1 aliphatic heterocycles. The van der Waals surface area contributed by atoms with Gasteiger partial charge in [0.25, 0.3) is 0 Å². The molecule has 0 aromatic carbocycles. The first-order valence-electron chi connectivity index (χ1n) is 6.13. The van der Waals surface area contributed by atoms with Crippen LogP contribution in [0.5, 0.6) is 0 Å².